The zero-order chi connectivity index (χ0) is 11.3. The Morgan fingerprint density at radius 1 is 1.53 bits per heavy atom. The minimum atomic E-state index is -0.0462. The molecule has 2 atom stereocenters. The van der Waals surface area contributed by atoms with Gasteiger partial charge in [0.15, 0.2) is 0 Å². The van der Waals surface area contributed by atoms with Gasteiger partial charge in [-0.3, -0.25) is 4.79 Å². The molecule has 2 heteroatoms. The number of carbonyl (C=O) groups is 1. The second-order valence-electron chi connectivity index (χ2n) is 4.43. The first kappa shape index (κ1) is 12.3. The van der Waals surface area contributed by atoms with Gasteiger partial charge in [0, 0.05) is 0 Å². The van der Waals surface area contributed by atoms with Gasteiger partial charge in [-0.15, -0.1) is 0 Å². The third-order valence-corrected chi connectivity index (χ3v) is 3.41. The Labute approximate surface area is 92.7 Å². The van der Waals surface area contributed by atoms with Crippen LogP contribution in [0, 0.1) is 11.8 Å². The summed E-state index contributed by atoms with van der Waals surface area (Å²) < 4.78 is 4.84. The van der Waals surface area contributed by atoms with Crippen LogP contribution in [0.25, 0.3) is 0 Å². The van der Waals surface area contributed by atoms with E-state index < -0.39 is 0 Å². The number of carbonyl (C=O) groups excluding carboxylic acids is 1. The van der Waals surface area contributed by atoms with Crippen molar-refractivity contribution >= 4 is 5.97 Å². The molecular weight excluding hydrogens is 188 g/mol. The molecule has 1 fully saturated rings. The molecule has 0 aliphatic heterocycles. The summed E-state index contributed by atoms with van der Waals surface area (Å²) in [5, 5.41) is 0. The van der Waals surface area contributed by atoms with E-state index in [1.54, 1.807) is 0 Å². The predicted octanol–water partition coefficient (Wildman–Crippen LogP) is 3.32. The fourth-order valence-electron chi connectivity index (χ4n) is 2.47. The fraction of sp³-hybridized carbons (Fsp3) is 0.769. The largest absolute Gasteiger partial charge is 0.469 e. The van der Waals surface area contributed by atoms with Gasteiger partial charge in [-0.25, -0.2) is 0 Å². The van der Waals surface area contributed by atoms with E-state index in [-0.39, 0.29) is 11.9 Å². The zero-order valence-electron chi connectivity index (χ0n) is 9.92. The standard InChI is InChI=1S/C13H22O2/c1-4-5-6-7-11-10(2)8-9-12(11)13(14)15-3/h11-12H,2,4-9H2,1,3H3. The van der Waals surface area contributed by atoms with Gasteiger partial charge in [-0.1, -0.05) is 38.3 Å². The van der Waals surface area contributed by atoms with Gasteiger partial charge in [0.05, 0.1) is 13.0 Å². The molecule has 0 amide bonds. The highest BCUT2D eigenvalue weighted by Gasteiger charge is 2.35. The molecule has 0 radical (unpaired) electrons. The summed E-state index contributed by atoms with van der Waals surface area (Å²) >= 11 is 0. The topological polar surface area (TPSA) is 26.3 Å². The average Bonchev–Trinajstić information content (AvgIpc) is 2.60. The van der Waals surface area contributed by atoms with E-state index in [1.807, 2.05) is 0 Å². The van der Waals surface area contributed by atoms with Gasteiger partial charge in [0.25, 0.3) is 0 Å². The lowest BCUT2D eigenvalue weighted by Gasteiger charge is -2.18. The monoisotopic (exact) mass is 210 g/mol. The second-order valence-corrected chi connectivity index (χ2v) is 4.43. The smallest absolute Gasteiger partial charge is 0.309 e. The van der Waals surface area contributed by atoms with Crippen LogP contribution in [0.2, 0.25) is 0 Å². The Balaban J connectivity index is 2.49. The van der Waals surface area contributed by atoms with Crippen LogP contribution >= 0.6 is 0 Å². The van der Waals surface area contributed by atoms with Crippen LogP contribution in [0.5, 0.6) is 0 Å². The quantitative estimate of drug-likeness (QED) is 0.395. The summed E-state index contributed by atoms with van der Waals surface area (Å²) in [6.07, 6.45) is 6.71. The van der Waals surface area contributed by atoms with Crippen LogP contribution in [0.1, 0.15) is 45.4 Å². The van der Waals surface area contributed by atoms with E-state index in [1.165, 1.54) is 31.9 Å². The molecule has 0 aromatic heterocycles. The summed E-state index contributed by atoms with van der Waals surface area (Å²) in [6.45, 7) is 6.27. The number of methoxy groups -OCH3 is 1. The Hall–Kier alpha value is -0.790. The first-order valence-electron chi connectivity index (χ1n) is 5.96. The molecule has 86 valence electrons. The average molecular weight is 210 g/mol. The normalized spacial score (nSPS) is 25.6. The molecule has 0 N–H and O–H groups in total. The molecule has 0 spiro atoms. The van der Waals surface area contributed by atoms with Crippen molar-refractivity contribution in [3.8, 4) is 0 Å². The lowest BCUT2D eigenvalue weighted by molar-refractivity contribution is -0.146. The van der Waals surface area contributed by atoms with Crippen molar-refractivity contribution < 1.29 is 9.53 Å². The lowest BCUT2D eigenvalue weighted by Crippen LogP contribution is -2.20. The maximum Gasteiger partial charge on any atom is 0.309 e. The molecule has 2 nitrogen and oxygen atoms in total. The highest BCUT2D eigenvalue weighted by molar-refractivity contribution is 5.73. The van der Waals surface area contributed by atoms with Crippen molar-refractivity contribution in [3.05, 3.63) is 12.2 Å². The predicted molar refractivity (Wildman–Crippen MR) is 61.5 cm³/mol. The lowest BCUT2D eigenvalue weighted by atomic mass is 9.89. The Bertz CT molecular complexity index is 233. The molecular formula is C13H22O2. The second kappa shape index (κ2) is 5.94. The van der Waals surface area contributed by atoms with Crippen molar-refractivity contribution in [2.45, 2.75) is 45.4 Å². The molecule has 0 aromatic carbocycles. The van der Waals surface area contributed by atoms with Gasteiger partial charge in [0.1, 0.15) is 0 Å². The van der Waals surface area contributed by atoms with Crippen LogP contribution in [0.4, 0.5) is 0 Å². The summed E-state index contributed by atoms with van der Waals surface area (Å²) in [4.78, 5) is 11.5. The summed E-state index contributed by atoms with van der Waals surface area (Å²) in [5.41, 5.74) is 1.25. The number of ether oxygens (including phenoxy) is 1. The maximum atomic E-state index is 11.5. The summed E-state index contributed by atoms with van der Waals surface area (Å²) in [5.74, 6) is 0.415. The van der Waals surface area contributed by atoms with Crippen molar-refractivity contribution in [1.29, 1.82) is 0 Å². The Kier molecular flexibility index (Phi) is 4.86. The van der Waals surface area contributed by atoms with Gasteiger partial charge in [-0.2, -0.15) is 0 Å². The number of hydrogen-bond acceptors (Lipinski definition) is 2. The van der Waals surface area contributed by atoms with Crippen LogP contribution in [-0.2, 0) is 9.53 Å². The fourth-order valence-corrected chi connectivity index (χ4v) is 2.47. The van der Waals surface area contributed by atoms with E-state index in [9.17, 15) is 4.79 Å². The van der Waals surface area contributed by atoms with E-state index >= 15 is 0 Å². The van der Waals surface area contributed by atoms with Gasteiger partial charge in [-0.05, 0) is 25.2 Å². The van der Waals surface area contributed by atoms with Crippen LogP contribution in [0.3, 0.4) is 0 Å². The molecule has 15 heavy (non-hydrogen) atoms. The SMILES string of the molecule is C=C1CCC(C(=O)OC)C1CCCCC. The third kappa shape index (κ3) is 3.08. The van der Waals surface area contributed by atoms with Crippen LogP contribution < -0.4 is 0 Å². The highest BCUT2D eigenvalue weighted by atomic mass is 16.5. The zero-order valence-corrected chi connectivity index (χ0v) is 9.92. The van der Waals surface area contributed by atoms with E-state index in [4.69, 9.17) is 4.74 Å². The number of rotatable bonds is 5. The van der Waals surface area contributed by atoms with Gasteiger partial charge < -0.3 is 4.74 Å². The number of esters is 1. The molecule has 1 saturated carbocycles. The molecule has 1 rings (SSSR count). The van der Waals surface area contributed by atoms with Crippen LogP contribution in [0.15, 0.2) is 12.2 Å². The van der Waals surface area contributed by atoms with Gasteiger partial charge in [0.2, 0.25) is 0 Å². The van der Waals surface area contributed by atoms with Crippen molar-refractivity contribution in [2.24, 2.45) is 11.8 Å². The molecule has 1 aliphatic rings. The number of allylic oxidation sites excluding steroid dienone is 1. The Morgan fingerprint density at radius 3 is 2.87 bits per heavy atom. The number of hydrogen-bond donors (Lipinski definition) is 0. The van der Waals surface area contributed by atoms with E-state index in [2.05, 4.69) is 13.5 Å². The molecule has 0 heterocycles. The summed E-state index contributed by atoms with van der Waals surface area (Å²) in [7, 11) is 1.48. The molecule has 0 aromatic rings. The minimum absolute atomic E-state index is 0.0462. The molecule has 0 bridgehead atoms. The highest BCUT2D eigenvalue weighted by Crippen LogP contribution is 2.39. The molecule has 0 saturated heterocycles. The van der Waals surface area contributed by atoms with Crippen molar-refractivity contribution in [3.63, 3.8) is 0 Å². The first-order valence-corrected chi connectivity index (χ1v) is 5.96. The van der Waals surface area contributed by atoms with Crippen molar-refractivity contribution in [2.75, 3.05) is 7.11 Å². The molecule has 1 aliphatic carbocycles. The van der Waals surface area contributed by atoms with E-state index in [0.29, 0.717) is 5.92 Å². The number of unbranched alkanes of at least 4 members (excludes halogenated alkanes) is 2. The maximum absolute atomic E-state index is 11.5. The summed E-state index contributed by atoms with van der Waals surface area (Å²) in [6, 6.07) is 0. The van der Waals surface area contributed by atoms with Crippen molar-refractivity contribution in [1.82, 2.24) is 0 Å². The third-order valence-electron chi connectivity index (χ3n) is 3.41. The van der Waals surface area contributed by atoms with Crippen LogP contribution in [-0.4, -0.2) is 13.1 Å². The minimum Gasteiger partial charge on any atom is -0.469 e. The van der Waals surface area contributed by atoms with E-state index in [0.717, 1.165) is 19.3 Å². The Morgan fingerprint density at radius 2 is 2.27 bits per heavy atom. The first-order chi connectivity index (χ1) is 7.20. The molecule has 2 unspecified atom stereocenters. The van der Waals surface area contributed by atoms with Gasteiger partial charge >= 0.3 is 5.97 Å².